The number of amides is 4. The van der Waals surface area contributed by atoms with Gasteiger partial charge in [0.15, 0.2) is 11.5 Å². The maximum Gasteiger partial charge on any atom is 0.331 e. The number of urea groups is 1. The molecule has 2 fully saturated rings. The average molecular weight is 606 g/mol. The smallest absolute Gasteiger partial charge is 0.331 e. The van der Waals surface area contributed by atoms with Gasteiger partial charge in [-0.05, 0) is 61.2 Å². The number of hydrogen-bond acceptors (Lipinski definition) is 5. The summed E-state index contributed by atoms with van der Waals surface area (Å²) in [5.74, 6) is -0.246. The first-order valence-corrected chi connectivity index (χ1v) is 13.2. The number of rotatable bonds is 7. The Bertz CT molecular complexity index is 1160. The van der Waals surface area contributed by atoms with Crippen LogP contribution in [0.4, 0.5) is 4.79 Å². The molecule has 0 spiro atoms. The van der Waals surface area contributed by atoms with E-state index in [9.17, 15) is 14.4 Å². The van der Waals surface area contributed by atoms with Crippen molar-refractivity contribution in [3.8, 4) is 11.5 Å². The molecule has 184 valence electrons. The van der Waals surface area contributed by atoms with Gasteiger partial charge in [-0.25, -0.2) is 4.79 Å². The average Bonchev–Trinajstić information content (AvgIpc) is 2.84. The molecule has 2 aliphatic rings. The molecule has 0 bridgehead atoms. The number of imide groups is 2. The molecule has 1 heterocycles. The first-order valence-electron chi connectivity index (χ1n) is 11.6. The van der Waals surface area contributed by atoms with Crippen molar-refractivity contribution in [2.75, 3.05) is 6.61 Å². The van der Waals surface area contributed by atoms with E-state index in [1.807, 2.05) is 31.2 Å². The SMILES string of the molecule is CCOc1cc(C=C2C(=O)NC(=O)N(C3CCCCC3)C2=O)c(Br)cc1OCc1ccc(Br)cc1. The second-order valence-corrected chi connectivity index (χ2v) is 10.2. The van der Waals surface area contributed by atoms with Crippen molar-refractivity contribution in [2.45, 2.75) is 51.7 Å². The maximum absolute atomic E-state index is 13.2. The fraction of sp³-hybridized carbons (Fsp3) is 0.346. The van der Waals surface area contributed by atoms with Crippen molar-refractivity contribution < 1.29 is 23.9 Å². The quantitative estimate of drug-likeness (QED) is 0.310. The Kier molecular flexibility index (Phi) is 8.28. The van der Waals surface area contributed by atoms with E-state index in [4.69, 9.17) is 9.47 Å². The van der Waals surface area contributed by atoms with Crippen LogP contribution in [0, 0.1) is 0 Å². The molecule has 2 aromatic rings. The molecule has 1 saturated carbocycles. The summed E-state index contributed by atoms with van der Waals surface area (Å²) in [4.78, 5) is 39.5. The van der Waals surface area contributed by atoms with Gasteiger partial charge in [0.2, 0.25) is 0 Å². The fourth-order valence-corrected chi connectivity index (χ4v) is 4.98. The third-order valence-corrected chi connectivity index (χ3v) is 7.26. The van der Waals surface area contributed by atoms with Crippen molar-refractivity contribution >= 4 is 55.8 Å². The minimum absolute atomic E-state index is 0.0816. The molecule has 0 unspecified atom stereocenters. The Morgan fingerprint density at radius 2 is 1.69 bits per heavy atom. The zero-order valence-electron chi connectivity index (χ0n) is 19.3. The second kappa shape index (κ2) is 11.4. The normalized spacial score (nSPS) is 18.1. The molecule has 0 aromatic heterocycles. The zero-order valence-corrected chi connectivity index (χ0v) is 22.5. The summed E-state index contributed by atoms with van der Waals surface area (Å²) in [6.45, 7) is 2.62. The van der Waals surface area contributed by atoms with E-state index < -0.39 is 17.8 Å². The van der Waals surface area contributed by atoms with Crippen molar-refractivity contribution in [2.24, 2.45) is 0 Å². The number of barbiturate groups is 1. The molecule has 7 nitrogen and oxygen atoms in total. The number of nitrogens with one attached hydrogen (secondary N) is 1. The number of carbonyl (C=O) groups excluding carboxylic acids is 3. The maximum atomic E-state index is 13.2. The molecule has 2 aromatic carbocycles. The predicted octanol–water partition coefficient (Wildman–Crippen LogP) is 5.98. The number of carbonyl (C=O) groups is 3. The summed E-state index contributed by atoms with van der Waals surface area (Å²) >= 11 is 6.95. The highest BCUT2D eigenvalue weighted by Crippen LogP contribution is 2.36. The minimum atomic E-state index is -0.701. The Morgan fingerprint density at radius 1 is 1.00 bits per heavy atom. The van der Waals surface area contributed by atoms with E-state index in [0.29, 0.717) is 34.7 Å². The number of hydrogen-bond donors (Lipinski definition) is 1. The van der Waals surface area contributed by atoms with E-state index >= 15 is 0 Å². The number of nitrogens with zero attached hydrogens (tertiary/aromatic N) is 1. The molecule has 9 heteroatoms. The molecule has 35 heavy (non-hydrogen) atoms. The van der Waals surface area contributed by atoms with E-state index in [2.05, 4.69) is 37.2 Å². The van der Waals surface area contributed by atoms with Gasteiger partial charge in [0.25, 0.3) is 11.8 Å². The summed E-state index contributed by atoms with van der Waals surface area (Å²) in [5, 5.41) is 2.32. The predicted molar refractivity (Wildman–Crippen MR) is 139 cm³/mol. The lowest BCUT2D eigenvalue weighted by Crippen LogP contribution is -2.58. The molecule has 0 radical (unpaired) electrons. The molecule has 0 atom stereocenters. The molecule has 1 saturated heterocycles. The van der Waals surface area contributed by atoms with Gasteiger partial charge in [0.1, 0.15) is 12.2 Å². The summed E-state index contributed by atoms with van der Waals surface area (Å²) in [6.07, 6.45) is 6.00. The Morgan fingerprint density at radius 3 is 2.37 bits per heavy atom. The molecule has 4 amide bonds. The lowest BCUT2D eigenvalue weighted by atomic mass is 9.93. The molecule has 4 rings (SSSR count). The summed E-state index contributed by atoms with van der Waals surface area (Å²) < 4.78 is 13.4. The van der Waals surface area contributed by atoms with Crippen LogP contribution in [-0.4, -0.2) is 35.4 Å². The van der Waals surface area contributed by atoms with Crippen molar-refractivity contribution in [1.82, 2.24) is 10.2 Å². The first-order chi connectivity index (χ1) is 16.9. The number of benzene rings is 2. The number of halogens is 2. The van der Waals surface area contributed by atoms with Crippen molar-refractivity contribution in [3.63, 3.8) is 0 Å². The largest absolute Gasteiger partial charge is 0.490 e. The number of ether oxygens (including phenoxy) is 2. The molecular weight excluding hydrogens is 580 g/mol. The highest BCUT2D eigenvalue weighted by molar-refractivity contribution is 9.10. The summed E-state index contributed by atoms with van der Waals surface area (Å²) in [6, 6.07) is 10.5. The van der Waals surface area contributed by atoms with E-state index in [-0.39, 0.29) is 11.6 Å². The zero-order chi connectivity index (χ0) is 24.9. The van der Waals surface area contributed by atoms with Gasteiger partial charge in [-0.3, -0.25) is 19.8 Å². The van der Waals surface area contributed by atoms with E-state index in [1.165, 1.54) is 11.0 Å². The highest BCUT2D eigenvalue weighted by Gasteiger charge is 2.40. The van der Waals surface area contributed by atoms with Crippen molar-refractivity contribution in [1.29, 1.82) is 0 Å². The second-order valence-electron chi connectivity index (χ2n) is 8.45. The molecule has 1 aliphatic heterocycles. The van der Waals surface area contributed by atoms with Crippen LogP contribution >= 0.6 is 31.9 Å². The van der Waals surface area contributed by atoms with Crippen LogP contribution in [0.15, 0.2) is 50.9 Å². The lowest BCUT2D eigenvalue weighted by molar-refractivity contribution is -0.132. The Balaban J connectivity index is 1.61. The van der Waals surface area contributed by atoms with Gasteiger partial charge < -0.3 is 9.47 Å². The van der Waals surface area contributed by atoms with Gasteiger partial charge in [0.05, 0.1) is 6.61 Å². The van der Waals surface area contributed by atoms with Gasteiger partial charge in [-0.2, -0.15) is 0 Å². The third kappa shape index (κ3) is 5.95. The molecule has 1 aliphatic carbocycles. The van der Waals surface area contributed by atoms with Gasteiger partial charge >= 0.3 is 6.03 Å². The highest BCUT2D eigenvalue weighted by atomic mass is 79.9. The van der Waals surface area contributed by atoms with Crippen LogP contribution in [0.5, 0.6) is 11.5 Å². The van der Waals surface area contributed by atoms with Crippen LogP contribution in [0.2, 0.25) is 0 Å². The van der Waals surface area contributed by atoms with Crippen molar-refractivity contribution in [3.05, 3.63) is 62.0 Å². The Hall–Kier alpha value is -2.65. The first kappa shape index (κ1) is 25.4. The molecule has 1 N–H and O–H groups in total. The Labute approximate surface area is 221 Å². The fourth-order valence-electron chi connectivity index (χ4n) is 4.28. The van der Waals surface area contributed by atoms with Gasteiger partial charge in [0, 0.05) is 15.0 Å². The van der Waals surface area contributed by atoms with Crippen LogP contribution in [0.25, 0.3) is 6.08 Å². The monoisotopic (exact) mass is 604 g/mol. The van der Waals surface area contributed by atoms with Crippen LogP contribution in [0.1, 0.15) is 50.2 Å². The van der Waals surface area contributed by atoms with Gasteiger partial charge in [-0.1, -0.05) is 63.3 Å². The van der Waals surface area contributed by atoms with Gasteiger partial charge in [-0.15, -0.1) is 0 Å². The van der Waals surface area contributed by atoms with Crippen LogP contribution in [0.3, 0.4) is 0 Å². The van der Waals surface area contributed by atoms with E-state index in [1.54, 1.807) is 12.1 Å². The molecular formula is C26H26Br2N2O5. The third-order valence-electron chi connectivity index (χ3n) is 6.04. The van der Waals surface area contributed by atoms with Crippen LogP contribution < -0.4 is 14.8 Å². The topological polar surface area (TPSA) is 84.9 Å². The van der Waals surface area contributed by atoms with E-state index in [0.717, 1.165) is 42.1 Å². The minimum Gasteiger partial charge on any atom is -0.490 e. The van der Waals surface area contributed by atoms with Crippen LogP contribution in [-0.2, 0) is 16.2 Å². The summed E-state index contributed by atoms with van der Waals surface area (Å²) in [5.41, 5.74) is 1.48. The standard InChI is InChI=1S/C26H26Br2N2O5/c1-2-34-22-13-17(21(28)14-23(22)35-15-16-8-10-18(27)11-9-16)12-20-24(31)29-26(33)30(25(20)32)19-6-4-3-5-7-19/h8-14,19H,2-7,15H2,1H3,(H,29,31,33). The lowest BCUT2D eigenvalue weighted by Gasteiger charge is -2.35. The summed E-state index contributed by atoms with van der Waals surface area (Å²) in [7, 11) is 0.